The van der Waals surface area contributed by atoms with E-state index in [9.17, 15) is 14.4 Å². The zero-order valence-electron chi connectivity index (χ0n) is 14.2. The fraction of sp³-hybridized carbons (Fsp3) is 0.250. The van der Waals surface area contributed by atoms with Gasteiger partial charge in [0.25, 0.3) is 0 Å². The number of Topliss-reactive ketones (excluding diaryl/α,β-unsaturated/α-hetero) is 1. The van der Waals surface area contributed by atoms with Crippen molar-refractivity contribution in [3.63, 3.8) is 0 Å². The van der Waals surface area contributed by atoms with Crippen LogP contribution in [0.4, 0.5) is 4.79 Å². The summed E-state index contributed by atoms with van der Waals surface area (Å²) in [7, 11) is 0. The van der Waals surface area contributed by atoms with E-state index in [4.69, 9.17) is 9.47 Å². The van der Waals surface area contributed by atoms with Gasteiger partial charge in [-0.25, -0.2) is 9.59 Å². The minimum atomic E-state index is -0.727. The number of rotatable bonds is 5. The Bertz CT molecular complexity index is 775. The molecule has 6 heteroatoms. The van der Waals surface area contributed by atoms with E-state index in [2.05, 4.69) is 0 Å². The largest absolute Gasteiger partial charge is 0.456 e. The van der Waals surface area contributed by atoms with Gasteiger partial charge in [0.15, 0.2) is 12.4 Å². The third-order valence-corrected chi connectivity index (χ3v) is 4.15. The molecule has 0 radical (unpaired) electrons. The number of ketones is 1. The maximum Gasteiger partial charge on any atom is 0.415 e. The van der Waals surface area contributed by atoms with E-state index in [0.717, 1.165) is 0 Å². The van der Waals surface area contributed by atoms with E-state index in [1.807, 2.05) is 6.07 Å². The van der Waals surface area contributed by atoms with Crippen molar-refractivity contribution < 1.29 is 23.9 Å². The molecule has 2 aromatic rings. The molecule has 0 spiro atoms. The molecule has 1 atom stereocenters. The third-order valence-electron chi connectivity index (χ3n) is 4.15. The van der Waals surface area contributed by atoms with Gasteiger partial charge in [0.1, 0.15) is 11.8 Å². The van der Waals surface area contributed by atoms with Crippen LogP contribution < -0.4 is 4.74 Å². The van der Waals surface area contributed by atoms with Crippen LogP contribution in [0.2, 0.25) is 0 Å². The van der Waals surface area contributed by atoms with E-state index in [1.165, 1.54) is 4.90 Å². The number of esters is 1. The number of ether oxygens (including phenoxy) is 2. The molecule has 1 aliphatic rings. The van der Waals surface area contributed by atoms with Crippen LogP contribution >= 0.6 is 0 Å². The average Bonchev–Trinajstić information content (AvgIpc) is 3.17. The van der Waals surface area contributed by atoms with E-state index in [-0.39, 0.29) is 12.4 Å². The van der Waals surface area contributed by atoms with Crippen LogP contribution in [0.5, 0.6) is 5.75 Å². The lowest BCUT2D eigenvalue weighted by Gasteiger charge is -2.22. The van der Waals surface area contributed by atoms with Gasteiger partial charge in [-0.3, -0.25) is 9.69 Å². The van der Waals surface area contributed by atoms with Crippen molar-refractivity contribution in [2.75, 3.05) is 13.2 Å². The highest BCUT2D eigenvalue weighted by molar-refractivity contribution is 5.98. The fourth-order valence-corrected chi connectivity index (χ4v) is 2.82. The number of carbonyl (C=O) groups is 3. The summed E-state index contributed by atoms with van der Waals surface area (Å²) in [4.78, 5) is 38.0. The summed E-state index contributed by atoms with van der Waals surface area (Å²) in [6, 6.07) is 16.6. The van der Waals surface area contributed by atoms with Crippen LogP contribution in [0.15, 0.2) is 60.7 Å². The molecule has 0 unspecified atom stereocenters. The summed E-state index contributed by atoms with van der Waals surface area (Å²) in [5.41, 5.74) is 0.479. The Hall–Kier alpha value is -3.15. The molecule has 0 N–H and O–H groups in total. The first-order valence-corrected chi connectivity index (χ1v) is 8.43. The minimum absolute atomic E-state index is 0.282. The van der Waals surface area contributed by atoms with E-state index in [0.29, 0.717) is 30.7 Å². The highest BCUT2D eigenvalue weighted by atomic mass is 16.6. The van der Waals surface area contributed by atoms with Crippen molar-refractivity contribution >= 4 is 17.8 Å². The predicted molar refractivity (Wildman–Crippen MR) is 93.9 cm³/mol. The highest BCUT2D eigenvalue weighted by Gasteiger charge is 2.36. The number of likely N-dealkylation sites (tertiary alicyclic amines) is 1. The first-order chi connectivity index (χ1) is 12.6. The molecule has 26 heavy (non-hydrogen) atoms. The Morgan fingerprint density at radius 2 is 1.62 bits per heavy atom. The molecule has 1 amide bonds. The molecule has 0 aliphatic carbocycles. The number of hydrogen-bond acceptors (Lipinski definition) is 5. The number of carbonyl (C=O) groups excluding carboxylic acids is 3. The van der Waals surface area contributed by atoms with Crippen molar-refractivity contribution in [3.8, 4) is 5.75 Å². The van der Waals surface area contributed by atoms with E-state index in [1.54, 1.807) is 54.6 Å². The Balaban J connectivity index is 1.56. The molecule has 1 saturated heterocycles. The smallest absolute Gasteiger partial charge is 0.415 e. The van der Waals surface area contributed by atoms with Crippen LogP contribution in [-0.4, -0.2) is 41.9 Å². The number of amides is 1. The van der Waals surface area contributed by atoms with Crippen LogP contribution in [0.25, 0.3) is 0 Å². The lowest BCUT2D eigenvalue weighted by molar-refractivity contribution is -0.147. The summed E-state index contributed by atoms with van der Waals surface area (Å²) in [6.07, 6.45) is 0.573. The summed E-state index contributed by atoms with van der Waals surface area (Å²) < 4.78 is 10.4. The third kappa shape index (κ3) is 4.27. The minimum Gasteiger partial charge on any atom is -0.456 e. The van der Waals surface area contributed by atoms with Crippen molar-refractivity contribution in [2.45, 2.75) is 18.9 Å². The summed E-state index contributed by atoms with van der Waals surface area (Å²) in [5.74, 6) is -0.456. The Kier molecular flexibility index (Phi) is 5.63. The van der Waals surface area contributed by atoms with Gasteiger partial charge in [0, 0.05) is 12.1 Å². The second-order valence-corrected chi connectivity index (χ2v) is 5.93. The first-order valence-electron chi connectivity index (χ1n) is 8.43. The molecule has 1 aliphatic heterocycles. The van der Waals surface area contributed by atoms with Crippen LogP contribution in [0, 0.1) is 0 Å². The van der Waals surface area contributed by atoms with Crippen LogP contribution in [-0.2, 0) is 9.53 Å². The van der Waals surface area contributed by atoms with Gasteiger partial charge in [-0.2, -0.15) is 0 Å². The van der Waals surface area contributed by atoms with Gasteiger partial charge in [-0.1, -0.05) is 48.5 Å². The Morgan fingerprint density at radius 3 is 2.31 bits per heavy atom. The lowest BCUT2D eigenvalue weighted by Crippen LogP contribution is -2.43. The molecule has 3 rings (SSSR count). The van der Waals surface area contributed by atoms with Crippen molar-refractivity contribution in [3.05, 3.63) is 66.2 Å². The predicted octanol–water partition coefficient (Wildman–Crippen LogP) is 3.08. The Labute approximate surface area is 151 Å². The summed E-state index contributed by atoms with van der Waals surface area (Å²) in [5, 5.41) is 0. The maximum atomic E-state index is 12.3. The fourth-order valence-electron chi connectivity index (χ4n) is 2.82. The van der Waals surface area contributed by atoms with Crippen molar-refractivity contribution in [2.24, 2.45) is 0 Å². The van der Waals surface area contributed by atoms with Gasteiger partial charge in [-0.05, 0) is 25.0 Å². The molecular weight excluding hydrogens is 334 g/mol. The lowest BCUT2D eigenvalue weighted by atomic mass is 10.1. The van der Waals surface area contributed by atoms with E-state index >= 15 is 0 Å². The molecule has 0 bridgehead atoms. The molecular formula is C20H19NO5. The number of benzene rings is 2. The summed E-state index contributed by atoms with van der Waals surface area (Å²) >= 11 is 0. The van der Waals surface area contributed by atoms with Gasteiger partial charge >= 0.3 is 12.1 Å². The zero-order valence-corrected chi connectivity index (χ0v) is 14.2. The summed E-state index contributed by atoms with van der Waals surface area (Å²) in [6.45, 7) is 0.0684. The van der Waals surface area contributed by atoms with E-state index < -0.39 is 18.1 Å². The van der Waals surface area contributed by atoms with Gasteiger partial charge < -0.3 is 9.47 Å². The van der Waals surface area contributed by atoms with Crippen LogP contribution in [0.3, 0.4) is 0 Å². The normalized spacial score (nSPS) is 16.2. The molecule has 0 aromatic heterocycles. The molecule has 6 nitrogen and oxygen atoms in total. The van der Waals surface area contributed by atoms with Crippen molar-refractivity contribution in [1.29, 1.82) is 0 Å². The average molecular weight is 353 g/mol. The Morgan fingerprint density at radius 1 is 0.962 bits per heavy atom. The van der Waals surface area contributed by atoms with Gasteiger partial charge in [0.2, 0.25) is 0 Å². The second kappa shape index (κ2) is 8.29. The number of nitrogens with zero attached hydrogens (tertiary/aromatic N) is 1. The first kappa shape index (κ1) is 17.7. The van der Waals surface area contributed by atoms with Crippen molar-refractivity contribution in [1.82, 2.24) is 4.90 Å². The topological polar surface area (TPSA) is 72.9 Å². The van der Waals surface area contributed by atoms with Crippen LogP contribution in [0.1, 0.15) is 23.2 Å². The molecule has 1 fully saturated rings. The quantitative estimate of drug-likeness (QED) is 0.610. The second-order valence-electron chi connectivity index (χ2n) is 5.93. The maximum absolute atomic E-state index is 12.3. The van der Waals surface area contributed by atoms with Gasteiger partial charge in [-0.15, -0.1) is 0 Å². The molecule has 134 valence electrons. The number of hydrogen-bond donors (Lipinski definition) is 0. The molecule has 0 saturated carbocycles. The standard InChI is InChI=1S/C20H19NO5/c22-18(15-8-3-1-4-9-15)14-25-19(23)17-12-7-13-21(17)20(24)26-16-10-5-2-6-11-16/h1-6,8-11,17H,7,12-14H2/t17-/m0/s1. The molecule has 2 aromatic carbocycles. The SMILES string of the molecule is O=C(COC(=O)[C@@H]1CCCN1C(=O)Oc1ccccc1)c1ccccc1. The zero-order chi connectivity index (χ0) is 18.4. The van der Waals surface area contributed by atoms with Gasteiger partial charge in [0.05, 0.1) is 0 Å². The highest BCUT2D eigenvalue weighted by Crippen LogP contribution is 2.21. The molecule has 1 heterocycles. The number of para-hydroxylation sites is 1. The monoisotopic (exact) mass is 353 g/mol.